The van der Waals surface area contributed by atoms with E-state index in [4.69, 9.17) is 4.98 Å². The Morgan fingerprint density at radius 1 is 1.32 bits per heavy atom. The molecule has 2 heterocycles. The predicted molar refractivity (Wildman–Crippen MR) is 84.4 cm³/mol. The molecule has 0 bridgehead atoms. The van der Waals surface area contributed by atoms with E-state index in [0.717, 1.165) is 29.6 Å². The minimum Gasteiger partial charge on any atom is -0.370 e. The molecule has 1 fully saturated rings. The summed E-state index contributed by atoms with van der Waals surface area (Å²) in [4.78, 5) is 9.34. The van der Waals surface area contributed by atoms with E-state index in [-0.39, 0.29) is 0 Å². The second-order valence-corrected chi connectivity index (χ2v) is 6.44. The average Bonchev–Trinajstić information content (AvgIpc) is 2.87. The largest absolute Gasteiger partial charge is 0.370 e. The van der Waals surface area contributed by atoms with Crippen molar-refractivity contribution in [2.75, 3.05) is 28.7 Å². The van der Waals surface area contributed by atoms with Crippen LogP contribution >= 0.6 is 11.8 Å². The maximum absolute atomic E-state index is 4.71. The van der Waals surface area contributed by atoms with Crippen molar-refractivity contribution in [2.24, 2.45) is 0 Å². The molecule has 2 rings (SSSR count). The smallest absolute Gasteiger partial charge is 0.135 e. The molecule has 1 aliphatic heterocycles. The normalized spacial score (nSPS) is 18.9. The summed E-state index contributed by atoms with van der Waals surface area (Å²) in [6.07, 6.45) is 1.22. The minimum atomic E-state index is 0.344. The van der Waals surface area contributed by atoms with Crippen LogP contribution < -0.4 is 10.6 Å². The van der Waals surface area contributed by atoms with Gasteiger partial charge in [0.05, 0.1) is 0 Å². The number of hydrogen-bond acceptors (Lipinski definition) is 5. The molecule has 1 aromatic rings. The molecule has 106 valence electrons. The van der Waals surface area contributed by atoms with Gasteiger partial charge in [-0.05, 0) is 26.0 Å². The van der Waals surface area contributed by atoms with E-state index in [9.17, 15) is 0 Å². The van der Waals surface area contributed by atoms with Crippen molar-refractivity contribution < 1.29 is 0 Å². The highest BCUT2D eigenvalue weighted by Gasteiger charge is 2.19. The van der Waals surface area contributed by atoms with Crippen molar-refractivity contribution in [1.29, 1.82) is 0 Å². The van der Waals surface area contributed by atoms with Gasteiger partial charge in [0.2, 0.25) is 0 Å². The van der Waals surface area contributed by atoms with Crippen LogP contribution in [0.4, 0.5) is 11.6 Å². The molecule has 2 N–H and O–H groups in total. The van der Waals surface area contributed by atoms with E-state index >= 15 is 0 Å². The van der Waals surface area contributed by atoms with Gasteiger partial charge in [-0.2, -0.15) is 11.8 Å². The summed E-state index contributed by atoms with van der Waals surface area (Å²) in [5.74, 6) is 5.65. The average molecular weight is 280 g/mol. The lowest BCUT2D eigenvalue weighted by Gasteiger charge is -2.18. The van der Waals surface area contributed by atoms with Crippen molar-refractivity contribution in [3.05, 3.63) is 11.4 Å². The molecule has 0 radical (unpaired) electrons. The van der Waals surface area contributed by atoms with Gasteiger partial charge in [0.1, 0.15) is 17.5 Å². The number of nitrogens with zero attached hydrogens (tertiary/aromatic N) is 2. The zero-order chi connectivity index (χ0) is 13.8. The summed E-state index contributed by atoms with van der Waals surface area (Å²) in [7, 11) is 0. The van der Waals surface area contributed by atoms with Crippen LogP contribution in [0.1, 0.15) is 44.5 Å². The van der Waals surface area contributed by atoms with Gasteiger partial charge in [-0.1, -0.05) is 13.8 Å². The molecule has 4 nitrogen and oxygen atoms in total. The molecule has 0 amide bonds. The number of thioether (sulfide) groups is 1. The van der Waals surface area contributed by atoms with Gasteiger partial charge in [0.15, 0.2) is 0 Å². The maximum atomic E-state index is 4.71. The Labute approximate surface area is 120 Å². The summed E-state index contributed by atoms with van der Waals surface area (Å²) in [6.45, 7) is 9.34. The maximum Gasteiger partial charge on any atom is 0.135 e. The molecule has 1 aromatic heterocycles. The zero-order valence-electron chi connectivity index (χ0n) is 12.3. The van der Waals surface area contributed by atoms with Crippen molar-refractivity contribution in [3.8, 4) is 0 Å². The summed E-state index contributed by atoms with van der Waals surface area (Å²) in [5.41, 5.74) is 1.13. The Bertz CT molecular complexity index is 428. The highest BCUT2D eigenvalue weighted by Crippen LogP contribution is 2.26. The number of rotatable bonds is 5. The topological polar surface area (TPSA) is 49.8 Å². The van der Waals surface area contributed by atoms with Crippen LogP contribution in [0, 0.1) is 6.92 Å². The van der Waals surface area contributed by atoms with Crippen LogP contribution in [-0.2, 0) is 0 Å². The Morgan fingerprint density at radius 2 is 2.05 bits per heavy atom. The monoisotopic (exact) mass is 280 g/mol. The lowest BCUT2D eigenvalue weighted by molar-refractivity contribution is 0.758. The number of nitrogens with one attached hydrogen (secondary N) is 2. The fraction of sp³-hybridized carbons (Fsp3) is 0.714. The molecule has 1 unspecified atom stereocenters. The van der Waals surface area contributed by atoms with E-state index in [2.05, 4.69) is 43.3 Å². The van der Waals surface area contributed by atoms with Gasteiger partial charge in [-0.3, -0.25) is 0 Å². The van der Waals surface area contributed by atoms with Gasteiger partial charge >= 0.3 is 0 Å². The van der Waals surface area contributed by atoms with E-state index in [1.807, 2.05) is 11.8 Å². The van der Waals surface area contributed by atoms with Crippen molar-refractivity contribution in [2.45, 2.75) is 46.1 Å². The number of anilines is 2. The zero-order valence-corrected chi connectivity index (χ0v) is 13.1. The molecule has 0 aliphatic carbocycles. The third kappa shape index (κ3) is 3.53. The Hall–Kier alpha value is -0.970. The third-order valence-electron chi connectivity index (χ3n) is 3.29. The van der Waals surface area contributed by atoms with Gasteiger partial charge < -0.3 is 10.6 Å². The lowest BCUT2D eigenvalue weighted by Crippen LogP contribution is -2.21. The first-order valence-electron chi connectivity index (χ1n) is 7.08. The fourth-order valence-electron chi connectivity index (χ4n) is 2.11. The highest BCUT2D eigenvalue weighted by molar-refractivity contribution is 7.99. The van der Waals surface area contributed by atoms with Crippen LogP contribution in [0.25, 0.3) is 0 Å². The molecule has 0 saturated carbocycles. The molecule has 1 saturated heterocycles. The van der Waals surface area contributed by atoms with Crippen LogP contribution in [0.5, 0.6) is 0 Å². The Morgan fingerprint density at radius 3 is 2.63 bits per heavy atom. The van der Waals surface area contributed by atoms with Gasteiger partial charge in [-0.25, -0.2) is 9.97 Å². The molecule has 0 aromatic carbocycles. The van der Waals surface area contributed by atoms with Crippen LogP contribution in [0.2, 0.25) is 0 Å². The van der Waals surface area contributed by atoms with Crippen molar-refractivity contribution >= 4 is 23.4 Å². The first-order chi connectivity index (χ1) is 9.11. The summed E-state index contributed by atoms with van der Waals surface area (Å²) >= 11 is 2.01. The van der Waals surface area contributed by atoms with Gasteiger partial charge in [0, 0.05) is 29.8 Å². The van der Waals surface area contributed by atoms with E-state index in [0.29, 0.717) is 12.0 Å². The van der Waals surface area contributed by atoms with Crippen LogP contribution in [0.15, 0.2) is 0 Å². The van der Waals surface area contributed by atoms with E-state index < -0.39 is 0 Å². The van der Waals surface area contributed by atoms with E-state index in [1.165, 1.54) is 17.9 Å². The number of aromatic nitrogens is 2. The molecule has 5 heteroatoms. The molecular formula is C14H24N4S. The van der Waals surface area contributed by atoms with Gasteiger partial charge in [0.25, 0.3) is 0 Å². The molecule has 0 spiro atoms. The molecule has 1 aliphatic rings. The second kappa shape index (κ2) is 6.46. The van der Waals surface area contributed by atoms with Crippen molar-refractivity contribution in [1.82, 2.24) is 9.97 Å². The lowest BCUT2D eigenvalue weighted by atomic mass is 10.2. The minimum absolute atomic E-state index is 0.344. The second-order valence-electron chi connectivity index (χ2n) is 5.29. The van der Waals surface area contributed by atoms with Crippen LogP contribution in [-0.4, -0.2) is 34.1 Å². The molecule has 1 atom stereocenters. The number of hydrogen-bond donors (Lipinski definition) is 2. The van der Waals surface area contributed by atoms with E-state index in [1.54, 1.807) is 0 Å². The molecular weight excluding hydrogens is 256 g/mol. The fourth-order valence-corrected chi connectivity index (χ4v) is 3.27. The highest BCUT2D eigenvalue weighted by atomic mass is 32.2. The summed E-state index contributed by atoms with van der Waals surface area (Å²) < 4.78 is 0. The predicted octanol–water partition coefficient (Wildman–Crippen LogP) is 3.26. The first kappa shape index (κ1) is 14.4. The summed E-state index contributed by atoms with van der Waals surface area (Å²) in [6, 6.07) is 0.549. The standard InChI is InChI=1S/C14H24N4S/c1-5-15-13-10(4)14(16-11-6-7-19-8-11)18-12(17-13)9(2)3/h9,11H,5-8H2,1-4H3,(H2,15,16,17,18). The first-order valence-corrected chi connectivity index (χ1v) is 8.24. The van der Waals surface area contributed by atoms with Gasteiger partial charge in [-0.15, -0.1) is 0 Å². The third-order valence-corrected chi connectivity index (χ3v) is 4.46. The Kier molecular flexibility index (Phi) is 4.91. The SMILES string of the molecule is CCNc1nc(C(C)C)nc(NC2CCSC2)c1C. The van der Waals surface area contributed by atoms with Crippen LogP contribution in [0.3, 0.4) is 0 Å². The quantitative estimate of drug-likeness (QED) is 0.867. The summed E-state index contributed by atoms with van der Waals surface area (Å²) in [5, 5.41) is 6.93. The Balaban J connectivity index is 2.28. The van der Waals surface area contributed by atoms with Crippen molar-refractivity contribution in [3.63, 3.8) is 0 Å². The molecule has 19 heavy (non-hydrogen) atoms.